The second-order valence-corrected chi connectivity index (χ2v) is 9.38. The summed E-state index contributed by atoms with van der Waals surface area (Å²) in [5.41, 5.74) is 2.27. The molecule has 1 aliphatic rings. The van der Waals surface area contributed by atoms with Crippen molar-refractivity contribution >= 4 is 28.0 Å². The fourth-order valence-corrected chi connectivity index (χ4v) is 5.33. The summed E-state index contributed by atoms with van der Waals surface area (Å²) in [4.78, 5) is 20.7. The number of nitrogens with zero attached hydrogens (tertiary/aromatic N) is 2. The van der Waals surface area contributed by atoms with Crippen LogP contribution in [0, 0.1) is 6.92 Å². The predicted octanol–water partition coefficient (Wildman–Crippen LogP) is 4.73. The van der Waals surface area contributed by atoms with Gasteiger partial charge in [-0.05, 0) is 68.6 Å². The van der Waals surface area contributed by atoms with Crippen LogP contribution in [0.25, 0.3) is 10.8 Å². The molecule has 0 atom stereocenters. The quantitative estimate of drug-likeness (QED) is 0.508. The van der Waals surface area contributed by atoms with Gasteiger partial charge in [-0.1, -0.05) is 42.5 Å². The number of likely N-dealkylation sites (tertiary alicyclic amines) is 1. The van der Waals surface area contributed by atoms with Gasteiger partial charge in [-0.3, -0.25) is 4.79 Å². The number of hydrogen-bond acceptors (Lipinski definition) is 4. The minimum atomic E-state index is 0.111. The molecule has 1 fully saturated rings. The number of benzene rings is 2. The number of carbonyl (C=O) groups is 1. The van der Waals surface area contributed by atoms with Crippen LogP contribution < -0.4 is 5.32 Å². The lowest BCUT2D eigenvalue weighted by molar-refractivity contribution is -0.120. The number of carbonyl (C=O) groups excluding carboxylic acids is 1. The lowest BCUT2D eigenvalue weighted by atomic mass is 10.0. The fourth-order valence-electron chi connectivity index (χ4n) is 4.24. The largest absolute Gasteiger partial charge is 0.356 e. The molecule has 0 radical (unpaired) electrons. The van der Waals surface area contributed by atoms with Crippen LogP contribution in [0.4, 0.5) is 0 Å². The van der Waals surface area contributed by atoms with Crippen LogP contribution in [-0.4, -0.2) is 42.0 Å². The van der Waals surface area contributed by atoms with E-state index in [1.54, 1.807) is 11.3 Å². The van der Waals surface area contributed by atoms with Gasteiger partial charge in [0.15, 0.2) is 0 Å². The van der Waals surface area contributed by atoms with Crippen molar-refractivity contribution in [3.8, 4) is 0 Å². The molecule has 1 N–H and O–H groups in total. The molecule has 5 heteroatoms. The molecule has 0 unspecified atom stereocenters. The van der Waals surface area contributed by atoms with E-state index in [1.165, 1.54) is 48.8 Å². The lowest BCUT2D eigenvalue weighted by Gasteiger charge is -2.13. The fraction of sp³-hybridized carbons (Fsp3) is 0.440. The molecule has 2 aromatic carbocycles. The molecule has 1 aliphatic heterocycles. The molecule has 0 saturated carbocycles. The zero-order chi connectivity index (χ0) is 20.8. The smallest absolute Gasteiger partial charge is 0.225 e. The average Bonchev–Trinajstić information content (AvgIpc) is 3.38. The summed E-state index contributed by atoms with van der Waals surface area (Å²) in [6.45, 7) is 6.45. The second kappa shape index (κ2) is 10.2. The van der Waals surface area contributed by atoms with E-state index in [0.29, 0.717) is 6.42 Å². The molecule has 0 aliphatic carbocycles. The molecule has 4 nitrogen and oxygen atoms in total. The highest BCUT2D eigenvalue weighted by Gasteiger charge is 2.14. The molecule has 158 valence electrons. The van der Waals surface area contributed by atoms with Gasteiger partial charge in [0.25, 0.3) is 0 Å². The van der Waals surface area contributed by atoms with Gasteiger partial charge in [-0.15, -0.1) is 11.3 Å². The molecule has 0 spiro atoms. The third-order valence-electron chi connectivity index (χ3n) is 5.90. The van der Waals surface area contributed by atoms with E-state index in [0.717, 1.165) is 41.4 Å². The molecular formula is C25H31N3OS. The van der Waals surface area contributed by atoms with Crippen LogP contribution in [0.5, 0.6) is 0 Å². The average molecular weight is 422 g/mol. The Morgan fingerprint density at radius 3 is 2.77 bits per heavy atom. The van der Waals surface area contributed by atoms with Gasteiger partial charge in [0.1, 0.15) is 0 Å². The summed E-state index contributed by atoms with van der Waals surface area (Å²) in [6.07, 6.45) is 6.14. The Balaban J connectivity index is 1.27. The first-order valence-corrected chi connectivity index (χ1v) is 11.9. The van der Waals surface area contributed by atoms with Gasteiger partial charge in [-0.25, -0.2) is 4.98 Å². The second-order valence-electron chi connectivity index (χ2n) is 8.21. The van der Waals surface area contributed by atoms with Crippen LogP contribution >= 0.6 is 11.3 Å². The van der Waals surface area contributed by atoms with E-state index in [1.807, 2.05) is 6.92 Å². The number of aryl methyl sites for hydroxylation is 1. The number of nitrogens with one attached hydrogen (secondary N) is 1. The van der Waals surface area contributed by atoms with Crippen LogP contribution in [0.15, 0.2) is 42.5 Å². The SMILES string of the molecule is Cc1nc(Cc2cccc3ccccc23)sc1CC(=O)NCCCCN1CCCC1. The van der Waals surface area contributed by atoms with Crippen molar-refractivity contribution in [2.45, 2.75) is 45.4 Å². The predicted molar refractivity (Wildman–Crippen MR) is 125 cm³/mol. The molecule has 1 amide bonds. The highest BCUT2D eigenvalue weighted by Crippen LogP contribution is 2.25. The van der Waals surface area contributed by atoms with Gasteiger partial charge in [0.05, 0.1) is 17.1 Å². The van der Waals surface area contributed by atoms with Gasteiger partial charge in [-0.2, -0.15) is 0 Å². The molecule has 4 rings (SSSR count). The first-order chi connectivity index (χ1) is 14.7. The minimum Gasteiger partial charge on any atom is -0.356 e. The topological polar surface area (TPSA) is 45.2 Å². The summed E-state index contributed by atoms with van der Waals surface area (Å²) < 4.78 is 0. The van der Waals surface area contributed by atoms with E-state index < -0.39 is 0 Å². The molecular weight excluding hydrogens is 390 g/mol. The monoisotopic (exact) mass is 421 g/mol. The van der Waals surface area contributed by atoms with Crippen molar-refractivity contribution in [1.29, 1.82) is 0 Å². The number of unbranched alkanes of at least 4 members (excludes halogenated alkanes) is 1. The van der Waals surface area contributed by atoms with E-state index >= 15 is 0 Å². The summed E-state index contributed by atoms with van der Waals surface area (Å²) in [7, 11) is 0. The van der Waals surface area contributed by atoms with Crippen LogP contribution in [0.3, 0.4) is 0 Å². The minimum absolute atomic E-state index is 0.111. The number of amides is 1. The maximum atomic E-state index is 12.4. The highest BCUT2D eigenvalue weighted by molar-refractivity contribution is 7.11. The van der Waals surface area contributed by atoms with Crippen molar-refractivity contribution < 1.29 is 4.79 Å². The Kier molecular flexibility index (Phi) is 7.13. The van der Waals surface area contributed by atoms with Crippen LogP contribution in [-0.2, 0) is 17.6 Å². The zero-order valence-corrected chi connectivity index (χ0v) is 18.6. The molecule has 1 saturated heterocycles. The Morgan fingerprint density at radius 2 is 1.90 bits per heavy atom. The first-order valence-electron chi connectivity index (χ1n) is 11.1. The van der Waals surface area contributed by atoms with Gasteiger partial charge in [0, 0.05) is 17.8 Å². The van der Waals surface area contributed by atoms with Gasteiger partial charge < -0.3 is 10.2 Å². The number of thiazole rings is 1. The van der Waals surface area contributed by atoms with E-state index in [4.69, 9.17) is 4.98 Å². The van der Waals surface area contributed by atoms with Crippen molar-refractivity contribution in [1.82, 2.24) is 15.2 Å². The van der Waals surface area contributed by atoms with Crippen LogP contribution in [0.1, 0.15) is 46.8 Å². The van der Waals surface area contributed by atoms with Crippen molar-refractivity contribution in [3.63, 3.8) is 0 Å². The number of rotatable bonds is 9. The van der Waals surface area contributed by atoms with Gasteiger partial charge in [0.2, 0.25) is 5.91 Å². The molecule has 1 aromatic heterocycles. The number of fused-ring (bicyclic) bond motifs is 1. The Labute approximate surface area is 183 Å². The summed E-state index contributed by atoms with van der Waals surface area (Å²) in [5, 5.41) is 6.70. The lowest BCUT2D eigenvalue weighted by Crippen LogP contribution is -2.27. The summed E-state index contributed by atoms with van der Waals surface area (Å²) in [6, 6.07) is 14.9. The van der Waals surface area contributed by atoms with Crippen LogP contribution in [0.2, 0.25) is 0 Å². The Morgan fingerprint density at radius 1 is 1.10 bits per heavy atom. The standard InChI is InChI=1S/C25H31N3OS/c1-19-23(18-24(29)26-13-4-5-14-28-15-6-7-16-28)30-25(27-19)17-21-11-8-10-20-9-2-3-12-22(20)21/h2-3,8-12H,4-7,13-18H2,1H3,(H,26,29). The van der Waals surface area contributed by atoms with E-state index in [2.05, 4.69) is 52.7 Å². The van der Waals surface area contributed by atoms with Crippen molar-refractivity contribution in [2.75, 3.05) is 26.2 Å². The molecule has 30 heavy (non-hydrogen) atoms. The highest BCUT2D eigenvalue weighted by atomic mass is 32.1. The first kappa shape index (κ1) is 21.0. The third kappa shape index (κ3) is 5.46. The normalized spacial score (nSPS) is 14.4. The van der Waals surface area contributed by atoms with E-state index in [-0.39, 0.29) is 5.91 Å². The molecule has 3 aromatic rings. The Hall–Kier alpha value is -2.24. The Bertz CT molecular complexity index is 986. The van der Waals surface area contributed by atoms with Crippen molar-refractivity contribution in [2.24, 2.45) is 0 Å². The van der Waals surface area contributed by atoms with Crippen molar-refractivity contribution in [3.05, 3.63) is 63.6 Å². The number of aromatic nitrogens is 1. The van der Waals surface area contributed by atoms with E-state index in [9.17, 15) is 4.79 Å². The number of hydrogen-bond donors (Lipinski definition) is 1. The summed E-state index contributed by atoms with van der Waals surface area (Å²) >= 11 is 1.67. The molecule has 0 bridgehead atoms. The summed E-state index contributed by atoms with van der Waals surface area (Å²) in [5.74, 6) is 0.111. The maximum absolute atomic E-state index is 12.4. The molecule has 2 heterocycles. The zero-order valence-electron chi connectivity index (χ0n) is 17.8. The maximum Gasteiger partial charge on any atom is 0.225 e. The van der Waals surface area contributed by atoms with Gasteiger partial charge >= 0.3 is 0 Å². The third-order valence-corrected chi connectivity index (χ3v) is 7.06.